The van der Waals surface area contributed by atoms with Gasteiger partial charge < -0.3 is 0 Å². The van der Waals surface area contributed by atoms with Gasteiger partial charge in [-0.3, -0.25) is 0 Å². The number of unbranched alkanes of at least 4 members (excludes halogenated alkanes) is 15. The Morgan fingerprint density at radius 3 is 1.28 bits per heavy atom. The Balaban J connectivity index is 3.46. The van der Waals surface area contributed by atoms with E-state index >= 15 is 0 Å². The first-order valence-corrected chi connectivity index (χ1v) is 20.7. The molecule has 0 saturated carbocycles. The fourth-order valence-corrected chi connectivity index (χ4v) is 11.2. The van der Waals surface area contributed by atoms with Crippen molar-refractivity contribution >= 4 is 21.4 Å². The zero-order valence-electron chi connectivity index (χ0n) is 22.1. The Labute approximate surface area is 204 Å². The number of phosphoric acid groups is 1. The summed E-state index contributed by atoms with van der Waals surface area (Å²) in [4.78, 5) is 11.9. The van der Waals surface area contributed by atoms with E-state index in [-0.39, 0.29) is 6.61 Å². The molecule has 1 atom stereocenters. The molecule has 0 fully saturated rings. The topological polar surface area (TPSA) is 58.6 Å². The second-order valence-corrected chi connectivity index (χ2v) is 21.4. The van der Waals surface area contributed by atoms with Crippen LogP contribution >= 0.6 is 7.82 Å². The van der Waals surface area contributed by atoms with Crippen LogP contribution in [0.1, 0.15) is 130 Å². The van der Waals surface area contributed by atoms with E-state index in [0.717, 1.165) is 18.1 Å². The Hall–Kier alpha value is 0.668. The third-order valence-electron chi connectivity index (χ3n) is 7.07. The quantitative estimate of drug-likeness (QED) is 0.0660. The van der Waals surface area contributed by atoms with Crippen molar-refractivity contribution < 1.29 is 18.5 Å². The molecule has 0 saturated heterocycles. The van der Waals surface area contributed by atoms with Gasteiger partial charge in [0, 0.05) is 0 Å². The second kappa shape index (κ2) is 22.2. The van der Waals surface area contributed by atoms with Gasteiger partial charge in [0.15, 0.2) is 0 Å². The Morgan fingerprint density at radius 1 is 0.562 bits per heavy atom. The number of rotatable bonds is 25. The van der Waals surface area contributed by atoms with Crippen molar-refractivity contribution in [1.29, 1.82) is 0 Å². The van der Waals surface area contributed by atoms with Crippen molar-refractivity contribution in [2.45, 2.75) is 151 Å². The van der Waals surface area contributed by atoms with Crippen LogP contribution in [0.3, 0.4) is 0 Å². The van der Waals surface area contributed by atoms with Crippen LogP contribution in [0.15, 0.2) is 0 Å². The summed E-state index contributed by atoms with van der Waals surface area (Å²) in [5.74, 6) is 0. The van der Waals surface area contributed by atoms with Crippen LogP contribution in [0.5, 0.6) is 0 Å². The van der Waals surface area contributed by atoms with Crippen molar-refractivity contribution in [3.05, 3.63) is 0 Å². The molecule has 32 heavy (non-hydrogen) atoms. The van der Waals surface area contributed by atoms with Crippen LogP contribution in [0.4, 0.5) is 0 Å². The van der Waals surface area contributed by atoms with E-state index in [0.29, 0.717) is 6.61 Å². The summed E-state index contributed by atoms with van der Waals surface area (Å²) in [5, 5.41) is 4.60. The van der Waals surface area contributed by atoms with Crippen molar-refractivity contribution in [2.75, 3.05) is 13.2 Å². The summed E-state index contributed by atoms with van der Waals surface area (Å²) in [6.07, 6.45) is 20.9. The molecular weight excluding hydrogens is 482 g/mol. The Kier molecular flexibility index (Phi) is 22.6. The summed E-state index contributed by atoms with van der Waals surface area (Å²) < 4.78 is 22.1. The first-order valence-electron chi connectivity index (χ1n) is 13.9. The van der Waals surface area contributed by atoms with Crippen LogP contribution in [0.2, 0.25) is 20.8 Å². The summed E-state index contributed by atoms with van der Waals surface area (Å²) >= 11 is -1.70. The van der Waals surface area contributed by atoms with Gasteiger partial charge in [0.25, 0.3) is 0 Å². The molecule has 6 heteroatoms. The van der Waals surface area contributed by atoms with Gasteiger partial charge >= 0.3 is 133 Å². The van der Waals surface area contributed by atoms with Gasteiger partial charge in [-0.15, -0.1) is 0 Å². The molecule has 0 N–H and O–H groups in total. The number of hydrogen-bond acceptors (Lipinski definition) is 4. The molecule has 0 amide bonds. The first-order chi connectivity index (χ1) is 15.4. The van der Waals surface area contributed by atoms with Gasteiger partial charge in [0.1, 0.15) is 0 Å². The Morgan fingerprint density at radius 2 is 0.906 bits per heavy atom. The predicted molar refractivity (Wildman–Crippen MR) is 141 cm³/mol. The molecule has 0 aromatic rings. The minimum atomic E-state index is -4.12. The van der Waals surface area contributed by atoms with E-state index in [2.05, 4.69) is 27.7 Å². The maximum atomic E-state index is 11.9. The Bertz CT molecular complexity index is 435. The molecule has 0 rings (SSSR count). The average molecular weight is 539 g/mol. The second-order valence-electron chi connectivity index (χ2n) is 9.43. The van der Waals surface area contributed by atoms with E-state index in [1.165, 1.54) is 106 Å². The van der Waals surface area contributed by atoms with Gasteiger partial charge in [0.05, 0.1) is 0 Å². The standard InChI is InChI=1S/C26H56AsO4P/c1-5-9-10-11-12-13-14-15-16-17-18-19-20-21-22-23-25-30-32(28,29)31-26-24-27(6-2,7-3)8-4/h5-26H2,1-4H3. The molecule has 0 aliphatic rings. The van der Waals surface area contributed by atoms with Crippen molar-refractivity contribution in [3.63, 3.8) is 0 Å². The molecule has 0 aromatic heterocycles. The third-order valence-corrected chi connectivity index (χ3v) is 18.9. The first kappa shape index (κ1) is 32.7. The summed E-state index contributed by atoms with van der Waals surface area (Å²) in [7, 11) is -4.12. The molecule has 0 radical (unpaired) electrons. The third kappa shape index (κ3) is 19.0. The maximum absolute atomic E-state index is 11.9. The molecule has 1 unspecified atom stereocenters. The van der Waals surface area contributed by atoms with Crippen LogP contribution in [-0.2, 0) is 13.6 Å². The number of hydrogen-bond donors (Lipinski definition) is 0. The molecule has 0 aromatic carbocycles. The van der Waals surface area contributed by atoms with E-state index in [1.54, 1.807) is 0 Å². The van der Waals surface area contributed by atoms with Gasteiger partial charge in [-0.2, -0.15) is 0 Å². The molecule has 0 heterocycles. The molecule has 0 aliphatic carbocycles. The molecular formula is C26H56AsO4P. The van der Waals surface area contributed by atoms with E-state index in [9.17, 15) is 9.46 Å². The normalized spacial score (nSPS) is 14.0. The van der Waals surface area contributed by atoms with Crippen molar-refractivity contribution in [1.82, 2.24) is 0 Å². The van der Waals surface area contributed by atoms with E-state index in [4.69, 9.17) is 9.05 Å². The van der Waals surface area contributed by atoms with Gasteiger partial charge in [-0.1, -0.05) is 71.1 Å². The summed E-state index contributed by atoms with van der Waals surface area (Å²) in [5.41, 5.74) is 0. The molecule has 4 nitrogen and oxygen atoms in total. The van der Waals surface area contributed by atoms with E-state index < -0.39 is 21.4 Å². The average Bonchev–Trinajstić information content (AvgIpc) is 2.79. The van der Waals surface area contributed by atoms with Crippen LogP contribution in [0, 0.1) is 0 Å². The summed E-state index contributed by atoms with van der Waals surface area (Å²) in [6, 6.07) is 0. The van der Waals surface area contributed by atoms with Crippen LogP contribution in [0.25, 0.3) is 0 Å². The van der Waals surface area contributed by atoms with Gasteiger partial charge in [0.2, 0.25) is 0 Å². The van der Waals surface area contributed by atoms with Crippen LogP contribution < -0.4 is 4.89 Å². The number of phosphoric ester groups is 1. The molecule has 0 aliphatic heterocycles. The fraction of sp³-hybridized carbons (Fsp3) is 1.00. The fourth-order valence-electron chi connectivity index (χ4n) is 4.36. The molecule has 194 valence electrons. The van der Waals surface area contributed by atoms with Crippen molar-refractivity contribution in [3.8, 4) is 0 Å². The van der Waals surface area contributed by atoms with Gasteiger partial charge in [-0.25, -0.2) is 0 Å². The molecule has 0 spiro atoms. The SMILES string of the molecule is CCCCCCCCCCCCCCCCCCOP(=O)([O-])OCC[As+](CC)(CC)CC. The van der Waals surface area contributed by atoms with Crippen LogP contribution in [-0.4, -0.2) is 26.8 Å². The zero-order valence-corrected chi connectivity index (χ0v) is 24.9. The van der Waals surface area contributed by atoms with Crippen molar-refractivity contribution in [2.24, 2.45) is 0 Å². The molecule has 0 bridgehead atoms. The summed E-state index contributed by atoms with van der Waals surface area (Å²) in [6.45, 7) is 9.57. The zero-order chi connectivity index (χ0) is 24.0. The minimum absolute atomic E-state index is 0.264. The van der Waals surface area contributed by atoms with Gasteiger partial charge in [-0.05, 0) is 0 Å². The monoisotopic (exact) mass is 538 g/mol. The predicted octanol–water partition coefficient (Wildman–Crippen LogP) is 9.26. The van der Waals surface area contributed by atoms with E-state index in [1.807, 2.05) is 0 Å².